The van der Waals surface area contributed by atoms with Gasteiger partial charge in [0.1, 0.15) is 0 Å². The molecular weight excluding hydrogens is 238 g/mol. The molecule has 0 radical (unpaired) electrons. The van der Waals surface area contributed by atoms with Gasteiger partial charge in [0.25, 0.3) is 0 Å². The van der Waals surface area contributed by atoms with Gasteiger partial charge in [-0.2, -0.15) is 0 Å². The lowest BCUT2D eigenvalue weighted by Gasteiger charge is -2.36. The van der Waals surface area contributed by atoms with Gasteiger partial charge in [0.15, 0.2) is 5.79 Å². The third-order valence-corrected chi connectivity index (χ3v) is 6.72. The van der Waals surface area contributed by atoms with Gasteiger partial charge in [-0.3, -0.25) is 0 Å². The fourth-order valence-electron chi connectivity index (χ4n) is 5.83. The molecule has 0 aromatic rings. The van der Waals surface area contributed by atoms with Crippen molar-refractivity contribution in [3.8, 4) is 0 Å². The summed E-state index contributed by atoms with van der Waals surface area (Å²) in [5.74, 6) is 4.12. The maximum absolute atomic E-state index is 5.82. The molecule has 3 nitrogen and oxygen atoms in total. The van der Waals surface area contributed by atoms with Gasteiger partial charge >= 0.3 is 0 Å². The fraction of sp³-hybridized carbons (Fsp3) is 1.00. The lowest BCUT2D eigenvalue weighted by molar-refractivity contribution is -0.179. The molecule has 2 bridgehead atoms. The average Bonchev–Trinajstić information content (AvgIpc) is 2.86. The first-order valence-corrected chi connectivity index (χ1v) is 8.39. The van der Waals surface area contributed by atoms with Crippen LogP contribution in [0.4, 0.5) is 0 Å². The van der Waals surface area contributed by atoms with Crippen LogP contribution in [0.2, 0.25) is 0 Å². The molecule has 5 fully saturated rings. The molecular formula is C16H25NO2. The molecule has 5 aliphatic rings. The average molecular weight is 263 g/mol. The summed E-state index contributed by atoms with van der Waals surface area (Å²) in [7, 11) is 0. The summed E-state index contributed by atoms with van der Waals surface area (Å²) >= 11 is 0. The molecule has 106 valence electrons. The normalized spacial score (nSPS) is 50.8. The van der Waals surface area contributed by atoms with Crippen molar-refractivity contribution in [3.05, 3.63) is 0 Å². The lowest BCUT2D eigenvalue weighted by Crippen LogP contribution is -2.43. The zero-order chi connectivity index (χ0) is 12.4. The summed E-state index contributed by atoms with van der Waals surface area (Å²) in [6.07, 6.45) is 9.29. The highest BCUT2D eigenvalue weighted by Crippen LogP contribution is 2.65. The molecule has 5 rings (SSSR count). The van der Waals surface area contributed by atoms with Crippen LogP contribution in [-0.4, -0.2) is 31.1 Å². The highest BCUT2D eigenvalue weighted by Gasteiger charge is 2.65. The minimum absolute atomic E-state index is 0.184. The summed E-state index contributed by atoms with van der Waals surface area (Å²) < 4.78 is 11.6. The number of ether oxygens (including phenoxy) is 2. The Morgan fingerprint density at radius 1 is 0.842 bits per heavy atom. The number of rotatable bonds is 2. The van der Waals surface area contributed by atoms with Gasteiger partial charge in [0.05, 0.1) is 13.2 Å². The van der Waals surface area contributed by atoms with Crippen LogP contribution in [0, 0.1) is 23.7 Å². The van der Waals surface area contributed by atoms with Gasteiger partial charge in [-0.25, -0.2) is 0 Å². The molecule has 4 unspecified atom stereocenters. The third-order valence-electron chi connectivity index (χ3n) is 6.72. The minimum Gasteiger partial charge on any atom is -0.348 e. The second-order valence-corrected chi connectivity index (χ2v) is 7.56. The summed E-state index contributed by atoms with van der Waals surface area (Å²) in [5, 5.41) is 3.99. The SMILES string of the molecule is C1COC2(CCC(NC3C4C5CCC(C5)C34)CC2)O1. The Kier molecular flexibility index (Phi) is 2.40. The second-order valence-electron chi connectivity index (χ2n) is 7.56. The smallest absolute Gasteiger partial charge is 0.168 e. The van der Waals surface area contributed by atoms with Crippen LogP contribution in [0.15, 0.2) is 0 Å². The number of hydrogen-bond acceptors (Lipinski definition) is 3. The van der Waals surface area contributed by atoms with Crippen molar-refractivity contribution in [2.24, 2.45) is 23.7 Å². The zero-order valence-corrected chi connectivity index (χ0v) is 11.6. The molecule has 0 aromatic heterocycles. The van der Waals surface area contributed by atoms with Crippen molar-refractivity contribution in [2.45, 2.75) is 62.8 Å². The molecule has 1 saturated heterocycles. The highest BCUT2D eigenvalue weighted by atomic mass is 16.7. The first kappa shape index (κ1) is 11.5. The molecule has 4 saturated carbocycles. The van der Waals surface area contributed by atoms with E-state index in [0.717, 1.165) is 61.8 Å². The predicted octanol–water partition coefficient (Wildman–Crippen LogP) is 2.31. The fourth-order valence-corrected chi connectivity index (χ4v) is 5.83. The van der Waals surface area contributed by atoms with Crippen molar-refractivity contribution >= 4 is 0 Å². The molecule has 1 N–H and O–H groups in total. The molecule has 19 heavy (non-hydrogen) atoms. The van der Waals surface area contributed by atoms with Crippen LogP contribution >= 0.6 is 0 Å². The number of hydrogen-bond donors (Lipinski definition) is 1. The Bertz CT molecular complexity index is 353. The zero-order valence-electron chi connectivity index (χ0n) is 11.6. The maximum Gasteiger partial charge on any atom is 0.168 e. The Labute approximate surface area is 115 Å². The molecule has 3 heteroatoms. The van der Waals surface area contributed by atoms with E-state index in [2.05, 4.69) is 5.32 Å². The van der Waals surface area contributed by atoms with Crippen LogP contribution in [0.3, 0.4) is 0 Å². The predicted molar refractivity (Wildman–Crippen MR) is 71.6 cm³/mol. The number of nitrogens with one attached hydrogen (secondary N) is 1. The van der Waals surface area contributed by atoms with Crippen LogP contribution in [0.25, 0.3) is 0 Å². The standard InChI is InChI=1S/C16H25NO2/c1-2-11-9-10(1)13-14(11)15(13)17-12-3-5-16(6-4-12)18-7-8-19-16/h10-15,17H,1-9H2. The molecule has 4 aliphatic carbocycles. The van der Waals surface area contributed by atoms with Gasteiger partial charge in [-0.15, -0.1) is 0 Å². The topological polar surface area (TPSA) is 30.5 Å². The number of fused-ring (bicyclic) bond motifs is 5. The van der Waals surface area contributed by atoms with E-state index in [0.29, 0.717) is 0 Å². The van der Waals surface area contributed by atoms with E-state index in [1.54, 1.807) is 6.42 Å². The third kappa shape index (κ3) is 1.68. The van der Waals surface area contributed by atoms with Crippen LogP contribution in [0.5, 0.6) is 0 Å². The van der Waals surface area contributed by atoms with Gasteiger partial charge in [-0.05, 0) is 55.8 Å². The first-order valence-electron chi connectivity index (χ1n) is 8.39. The van der Waals surface area contributed by atoms with Crippen LogP contribution < -0.4 is 5.32 Å². The van der Waals surface area contributed by atoms with Crippen molar-refractivity contribution in [1.82, 2.24) is 5.32 Å². The lowest BCUT2D eigenvalue weighted by atomic mass is 9.89. The van der Waals surface area contributed by atoms with E-state index < -0.39 is 0 Å². The second kappa shape index (κ2) is 3.96. The van der Waals surface area contributed by atoms with Gasteiger partial charge in [0, 0.05) is 24.9 Å². The van der Waals surface area contributed by atoms with Gasteiger partial charge in [0.2, 0.25) is 0 Å². The van der Waals surface area contributed by atoms with E-state index in [9.17, 15) is 0 Å². The summed E-state index contributed by atoms with van der Waals surface area (Å²) in [6, 6.07) is 1.61. The molecule has 0 aromatic carbocycles. The Morgan fingerprint density at radius 2 is 1.47 bits per heavy atom. The monoisotopic (exact) mass is 263 g/mol. The van der Waals surface area contributed by atoms with Crippen LogP contribution in [0.1, 0.15) is 44.9 Å². The Hall–Kier alpha value is -0.120. The molecule has 1 heterocycles. The summed E-state index contributed by atoms with van der Waals surface area (Å²) in [4.78, 5) is 0. The summed E-state index contributed by atoms with van der Waals surface area (Å²) in [6.45, 7) is 1.60. The molecule has 1 spiro atoms. The minimum atomic E-state index is -0.184. The summed E-state index contributed by atoms with van der Waals surface area (Å²) in [5.41, 5.74) is 0. The van der Waals surface area contributed by atoms with Crippen molar-refractivity contribution in [2.75, 3.05) is 13.2 Å². The van der Waals surface area contributed by atoms with Crippen molar-refractivity contribution in [3.63, 3.8) is 0 Å². The van der Waals surface area contributed by atoms with E-state index in [1.807, 2.05) is 0 Å². The van der Waals surface area contributed by atoms with Crippen LogP contribution in [-0.2, 0) is 9.47 Å². The van der Waals surface area contributed by atoms with Crippen molar-refractivity contribution in [1.29, 1.82) is 0 Å². The first-order chi connectivity index (χ1) is 9.35. The van der Waals surface area contributed by atoms with E-state index >= 15 is 0 Å². The van der Waals surface area contributed by atoms with Crippen molar-refractivity contribution < 1.29 is 9.47 Å². The quantitative estimate of drug-likeness (QED) is 0.829. The highest BCUT2D eigenvalue weighted by molar-refractivity contribution is 5.17. The Morgan fingerprint density at radius 3 is 2.11 bits per heavy atom. The molecule has 0 amide bonds. The molecule has 4 atom stereocenters. The van der Waals surface area contributed by atoms with E-state index in [-0.39, 0.29) is 5.79 Å². The Balaban J connectivity index is 1.17. The van der Waals surface area contributed by atoms with Gasteiger partial charge < -0.3 is 14.8 Å². The van der Waals surface area contributed by atoms with Gasteiger partial charge in [-0.1, -0.05) is 0 Å². The van der Waals surface area contributed by atoms with E-state index in [1.165, 1.54) is 25.7 Å². The largest absolute Gasteiger partial charge is 0.348 e. The van der Waals surface area contributed by atoms with E-state index in [4.69, 9.17) is 9.47 Å². The maximum atomic E-state index is 5.82. The molecule has 1 aliphatic heterocycles.